The number of esters is 1. The Morgan fingerprint density at radius 3 is 2.90 bits per heavy atom. The highest BCUT2D eigenvalue weighted by Crippen LogP contribution is 2.28. The number of hydrogen-bond acceptors (Lipinski definition) is 7. The molecule has 0 amide bonds. The summed E-state index contributed by atoms with van der Waals surface area (Å²) in [6.07, 6.45) is 2.01. The van der Waals surface area contributed by atoms with E-state index in [1.807, 2.05) is 6.92 Å². The number of hydrogen-bond donors (Lipinski definition) is 3. The van der Waals surface area contributed by atoms with E-state index >= 15 is 0 Å². The molecule has 10 heteroatoms. The van der Waals surface area contributed by atoms with Crippen LogP contribution in [-0.2, 0) is 9.53 Å². The number of aromatic amines is 1. The molecule has 1 atom stereocenters. The van der Waals surface area contributed by atoms with Crippen molar-refractivity contribution in [3.63, 3.8) is 0 Å². The Hall–Kier alpha value is -2.19. The zero-order valence-corrected chi connectivity index (χ0v) is 17.3. The molecule has 0 saturated carbocycles. The first-order valence-corrected chi connectivity index (χ1v) is 11.3. The smallest absolute Gasteiger partial charge is 0.306 e. The maximum absolute atomic E-state index is 13.3. The summed E-state index contributed by atoms with van der Waals surface area (Å²) in [5.41, 5.74) is 1.42. The standard InChI is InChI=1S/C19H20FN2O5PS/c1-2-16(27-17(23)4-3-7-28(25)26)15-10-29-19(22-15)18(24)13-9-21-14-8-11(20)5-6-12(13)14/h5-6,8-10,16,21,25-26H,2-4,7H2,1H3. The van der Waals surface area contributed by atoms with Crippen LogP contribution in [0.2, 0.25) is 0 Å². The van der Waals surface area contributed by atoms with Gasteiger partial charge in [0.1, 0.15) is 11.9 Å². The largest absolute Gasteiger partial charge is 0.456 e. The van der Waals surface area contributed by atoms with Crippen LogP contribution in [0.3, 0.4) is 0 Å². The lowest BCUT2D eigenvalue weighted by Crippen LogP contribution is -2.12. The van der Waals surface area contributed by atoms with E-state index in [0.717, 1.165) is 11.3 Å². The van der Waals surface area contributed by atoms with Gasteiger partial charge in [-0.05, 0) is 31.0 Å². The molecule has 2 heterocycles. The van der Waals surface area contributed by atoms with Crippen molar-refractivity contribution in [1.82, 2.24) is 9.97 Å². The van der Waals surface area contributed by atoms with Crippen LogP contribution in [0.4, 0.5) is 4.39 Å². The lowest BCUT2D eigenvalue weighted by molar-refractivity contribution is -0.149. The molecule has 0 fully saturated rings. The zero-order chi connectivity index (χ0) is 21.0. The van der Waals surface area contributed by atoms with Crippen molar-refractivity contribution in [3.05, 3.63) is 51.9 Å². The first-order valence-electron chi connectivity index (χ1n) is 9.00. The lowest BCUT2D eigenvalue weighted by Gasteiger charge is -2.14. The lowest BCUT2D eigenvalue weighted by atomic mass is 10.1. The zero-order valence-electron chi connectivity index (χ0n) is 15.6. The van der Waals surface area contributed by atoms with Crippen LogP contribution in [0.15, 0.2) is 29.8 Å². The third-order valence-corrected chi connectivity index (χ3v) is 5.89. The summed E-state index contributed by atoms with van der Waals surface area (Å²) in [7, 11) is -2.02. The minimum absolute atomic E-state index is 0.0816. The molecule has 0 aliphatic rings. The molecule has 0 spiro atoms. The number of thiazole rings is 1. The van der Waals surface area contributed by atoms with Crippen molar-refractivity contribution in [2.75, 3.05) is 6.16 Å². The SMILES string of the molecule is CCC(OC(=O)CCCP(O)O)c1csc(C(=O)c2c[nH]c3cc(F)ccc23)n1. The van der Waals surface area contributed by atoms with Crippen molar-refractivity contribution in [2.24, 2.45) is 0 Å². The molecule has 0 aliphatic carbocycles. The molecule has 2 aromatic heterocycles. The Kier molecular flexibility index (Phi) is 7.08. The van der Waals surface area contributed by atoms with Crippen LogP contribution in [-0.4, -0.2) is 37.7 Å². The summed E-state index contributed by atoms with van der Waals surface area (Å²) in [4.78, 5) is 49.8. The van der Waals surface area contributed by atoms with Crippen molar-refractivity contribution in [2.45, 2.75) is 32.3 Å². The summed E-state index contributed by atoms with van der Waals surface area (Å²) < 4.78 is 18.8. The number of benzene rings is 1. The third kappa shape index (κ3) is 5.25. The van der Waals surface area contributed by atoms with E-state index in [-0.39, 0.29) is 23.4 Å². The van der Waals surface area contributed by atoms with Gasteiger partial charge in [0.05, 0.1) is 11.3 Å². The molecule has 3 aromatic rings. The molecule has 1 unspecified atom stereocenters. The summed E-state index contributed by atoms with van der Waals surface area (Å²) in [6.45, 7) is 1.84. The summed E-state index contributed by atoms with van der Waals surface area (Å²) >= 11 is 1.16. The quantitative estimate of drug-likeness (QED) is 0.264. The predicted octanol–water partition coefficient (Wildman–Crippen LogP) is 4.07. The van der Waals surface area contributed by atoms with E-state index in [4.69, 9.17) is 14.5 Å². The number of H-pyrrole nitrogens is 1. The van der Waals surface area contributed by atoms with Gasteiger partial charge in [0.2, 0.25) is 5.78 Å². The van der Waals surface area contributed by atoms with Crippen LogP contribution in [0.5, 0.6) is 0 Å². The van der Waals surface area contributed by atoms with Crippen LogP contribution < -0.4 is 0 Å². The molecule has 0 saturated heterocycles. The molecule has 3 N–H and O–H groups in total. The van der Waals surface area contributed by atoms with Gasteiger partial charge in [-0.25, -0.2) is 9.37 Å². The molecule has 1 aromatic carbocycles. The Bertz CT molecular complexity index is 1020. The van der Waals surface area contributed by atoms with E-state index in [1.165, 1.54) is 18.3 Å². The summed E-state index contributed by atoms with van der Waals surface area (Å²) in [5.74, 6) is -1.13. The molecule has 3 rings (SSSR count). The number of nitrogens with zero attached hydrogens (tertiary/aromatic N) is 1. The minimum atomic E-state index is -2.02. The van der Waals surface area contributed by atoms with E-state index in [2.05, 4.69) is 9.97 Å². The molecular weight excluding hydrogens is 418 g/mol. The number of ether oxygens (including phenoxy) is 1. The molecule has 0 radical (unpaired) electrons. The van der Waals surface area contributed by atoms with E-state index < -0.39 is 26.3 Å². The van der Waals surface area contributed by atoms with Gasteiger partial charge in [-0.2, -0.15) is 0 Å². The second-order valence-corrected chi connectivity index (χ2v) is 8.43. The third-order valence-electron chi connectivity index (χ3n) is 4.32. The maximum atomic E-state index is 13.3. The number of carbonyl (C=O) groups excluding carboxylic acids is 2. The highest BCUT2D eigenvalue weighted by Gasteiger charge is 2.22. The van der Waals surface area contributed by atoms with Crippen molar-refractivity contribution < 1.29 is 28.5 Å². The number of ketones is 1. The molecule has 0 aliphatic heterocycles. The summed E-state index contributed by atoms with van der Waals surface area (Å²) in [6, 6.07) is 4.16. The monoisotopic (exact) mass is 438 g/mol. The fourth-order valence-electron chi connectivity index (χ4n) is 2.88. The van der Waals surface area contributed by atoms with Gasteiger partial charge in [-0.1, -0.05) is 6.92 Å². The summed E-state index contributed by atoms with van der Waals surface area (Å²) in [5, 5.41) is 2.55. The van der Waals surface area contributed by atoms with Crippen molar-refractivity contribution in [3.8, 4) is 0 Å². The Labute approximate surface area is 171 Å². The second kappa shape index (κ2) is 9.54. The Balaban J connectivity index is 1.71. The number of rotatable bonds is 9. The molecular formula is C19H20FN2O5PS. The van der Waals surface area contributed by atoms with Gasteiger partial charge in [-0.3, -0.25) is 9.59 Å². The molecule has 0 bridgehead atoms. The topological polar surface area (TPSA) is 113 Å². The number of aromatic nitrogens is 2. The highest BCUT2D eigenvalue weighted by atomic mass is 32.1. The van der Waals surface area contributed by atoms with Gasteiger partial charge < -0.3 is 19.5 Å². The van der Waals surface area contributed by atoms with Gasteiger partial charge in [0.25, 0.3) is 0 Å². The fraction of sp³-hybridized carbons (Fsp3) is 0.316. The maximum Gasteiger partial charge on any atom is 0.306 e. The van der Waals surface area contributed by atoms with Crippen molar-refractivity contribution in [1.29, 1.82) is 0 Å². The fourth-order valence-corrected chi connectivity index (χ4v) is 4.13. The Morgan fingerprint density at radius 2 is 2.17 bits per heavy atom. The van der Waals surface area contributed by atoms with Crippen LogP contribution in [0.1, 0.15) is 53.3 Å². The van der Waals surface area contributed by atoms with Gasteiger partial charge in [-0.15, -0.1) is 11.3 Å². The molecule has 7 nitrogen and oxygen atoms in total. The average Bonchev–Trinajstić information content (AvgIpc) is 3.32. The number of nitrogens with one attached hydrogen (secondary N) is 1. The first kappa shape index (κ1) is 21.5. The Morgan fingerprint density at radius 1 is 1.38 bits per heavy atom. The van der Waals surface area contributed by atoms with E-state index in [0.29, 0.717) is 35.0 Å². The highest BCUT2D eigenvalue weighted by molar-refractivity contribution is 7.45. The van der Waals surface area contributed by atoms with Crippen molar-refractivity contribution >= 4 is 42.4 Å². The van der Waals surface area contributed by atoms with Crippen LogP contribution >= 0.6 is 19.7 Å². The number of fused-ring (bicyclic) bond motifs is 1. The number of halogens is 1. The van der Waals surface area contributed by atoms with E-state index in [1.54, 1.807) is 11.4 Å². The number of carbonyl (C=O) groups is 2. The van der Waals surface area contributed by atoms with E-state index in [9.17, 15) is 14.0 Å². The second-order valence-electron chi connectivity index (χ2n) is 6.39. The molecule has 29 heavy (non-hydrogen) atoms. The average molecular weight is 438 g/mol. The first-order chi connectivity index (χ1) is 13.9. The normalized spacial score (nSPS) is 12.4. The van der Waals surface area contributed by atoms with Crippen LogP contribution in [0, 0.1) is 5.82 Å². The van der Waals surface area contributed by atoms with Gasteiger partial charge in [0.15, 0.2) is 13.4 Å². The predicted molar refractivity (Wildman–Crippen MR) is 108 cm³/mol. The molecule has 154 valence electrons. The van der Waals surface area contributed by atoms with Crippen LogP contribution in [0.25, 0.3) is 10.9 Å². The van der Waals surface area contributed by atoms with Gasteiger partial charge in [0, 0.05) is 35.1 Å². The van der Waals surface area contributed by atoms with Gasteiger partial charge >= 0.3 is 5.97 Å². The minimum Gasteiger partial charge on any atom is -0.456 e.